The molecule has 0 N–H and O–H groups in total. The number of amides is 1. The Balaban J connectivity index is 2.27. The van der Waals surface area contributed by atoms with Gasteiger partial charge in [0.1, 0.15) is 5.82 Å². The molecule has 134 valence electrons. The van der Waals surface area contributed by atoms with Crippen molar-refractivity contribution in [2.75, 3.05) is 12.8 Å². The van der Waals surface area contributed by atoms with Crippen molar-refractivity contribution < 1.29 is 17.6 Å². The standard InChI is InChI=1S/C19H22FNO3S/c1-4-21(14(2)16-8-10-18(20)11-9-16)19(22)17-7-5-6-15(12-17)13-25(3,23)24/h5-12,14H,4,13H2,1-3H3/t14-/m1/s1. The highest BCUT2D eigenvalue weighted by molar-refractivity contribution is 7.89. The maximum atomic E-state index is 13.1. The van der Waals surface area contributed by atoms with Crippen molar-refractivity contribution in [3.05, 3.63) is 71.0 Å². The molecule has 0 aliphatic rings. The molecule has 1 atom stereocenters. The molecule has 0 aliphatic heterocycles. The van der Waals surface area contributed by atoms with Crippen molar-refractivity contribution in [2.24, 2.45) is 0 Å². The molecule has 0 aromatic heterocycles. The average molecular weight is 363 g/mol. The second-order valence-corrected chi connectivity index (χ2v) is 8.23. The molecule has 0 fully saturated rings. The van der Waals surface area contributed by atoms with Gasteiger partial charge in [0, 0.05) is 18.4 Å². The Morgan fingerprint density at radius 2 is 1.80 bits per heavy atom. The lowest BCUT2D eigenvalue weighted by Crippen LogP contribution is -2.33. The van der Waals surface area contributed by atoms with Gasteiger partial charge in [-0.3, -0.25) is 4.79 Å². The van der Waals surface area contributed by atoms with Crippen molar-refractivity contribution in [3.63, 3.8) is 0 Å². The second-order valence-electron chi connectivity index (χ2n) is 6.09. The predicted molar refractivity (Wildman–Crippen MR) is 96.5 cm³/mol. The van der Waals surface area contributed by atoms with Crippen molar-refractivity contribution in [1.82, 2.24) is 4.90 Å². The zero-order valence-electron chi connectivity index (χ0n) is 14.6. The van der Waals surface area contributed by atoms with Crippen molar-refractivity contribution in [3.8, 4) is 0 Å². The van der Waals surface area contributed by atoms with E-state index < -0.39 is 9.84 Å². The summed E-state index contributed by atoms with van der Waals surface area (Å²) in [6, 6.07) is 12.5. The highest BCUT2D eigenvalue weighted by Gasteiger charge is 2.21. The lowest BCUT2D eigenvalue weighted by atomic mass is 10.0. The molecule has 0 spiro atoms. The number of rotatable bonds is 6. The van der Waals surface area contributed by atoms with Crippen LogP contribution in [0.1, 0.15) is 41.4 Å². The Morgan fingerprint density at radius 3 is 2.36 bits per heavy atom. The third-order valence-corrected chi connectivity index (χ3v) is 4.88. The van der Waals surface area contributed by atoms with Gasteiger partial charge in [0.25, 0.3) is 5.91 Å². The van der Waals surface area contributed by atoms with Crippen molar-refractivity contribution in [2.45, 2.75) is 25.6 Å². The molecular weight excluding hydrogens is 341 g/mol. The van der Waals surface area contributed by atoms with Crippen LogP contribution in [-0.2, 0) is 15.6 Å². The lowest BCUT2D eigenvalue weighted by Gasteiger charge is -2.28. The minimum absolute atomic E-state index is 0.103. The third kappa shape index (κ3) is 5.13. The van der Waals surface area contributed by atoms with Gasteiger partial charge >= 0.3 is 0 Å². The fraction of sp³-hybridized carbons (Fsp3) is 0.316. The maximum absolute atomic E-state index is 13.1. The van der Waals surface area contributed by atoms with Gasteiger partial charge in [-0.05, 0) is 49.2 Å². The molecule has 25 heavy (non-hydrogen) atoms. The van der Waals surface area contributed by atoms with E-state index in [2.05, 4.69) is 0 Å². The molecule has 0 unspecified atom stereocenters. The van der Waals surface area contributed by atoms with Crippen LogP contribution in [0.5, 0.6) is 0 Å². The van der Waals surface area contributed by atoms with Crippen LogP contribution in [0, 0.1) is 5.82 Å². The smallest absolute Gasteiger partial charge is 0.254 e. The molecule has 0 bridgehead atoms. The van der Waals surface area contributed by atoms with E-state index in [0.29, 0.717) is 17.7 Å². The lowest BCUT2D eigenvalue weighted by molar-refractivity contribution is 0.0702. The van der Waals surface area contributed by atoms with Gasteiger partial charge in [-0.15, -0.1) is 0 Å². The van der Waals surface area contributed by atoms with Crippen LogP contribution in [0.2, 0.25) is 0 Å². The van der Waals surface area contributed by atoms with Gasteiger partial charge < -0.3 is 4.90 Å². The van der Waals surface area contributed by atoms with E-state index in [1.165, 1.54) is 12.1 Å². The molecule has 2 aromatic carbocycles. The van der Waals surface area contributed by atoms with Gasteiger partial charge in [0.15, 0.2) is 9.84 Å². The second kappa shape index (κ2) is 7.78. The summed E-state index contributed by atoms with van der Waals surface area (Å²) >= 11 is 0. The monoisotopic (exact) mass is 363 g/mol. The average Bonchev–Trinajstić information content (AvgIpc) is 2.54. The van der Waals surface area contributed by atoms with Gasteiger partial charge in [-0.2, -0.15) is 0 Å². The number of hydrogen-bond acceptors (Lipinski definition) is 3. The van der Waals surface area contributed by atoms with Crippen molar-refractivity contribution in [1.29, 1.82) is 0 Å². The minimum Gasteiger partial charge on any atom is -0.332 e. The summed E-state index contributed by atoms with van der Waals surface area (Å²) in [6.07, 6.45) is 1.16. The van der Waals surface area contributed by atoms with E-state index in [-0.39, 0.29) is 23.5 Å². The highest BCUT2D eigenvalue weighted by Crippen LogP contribution is 2.23. The van der Waals surface area contributed by atoms with E-state index in [0.717, 1.165) is 11.8 Å². The zero-order chi connectivity index (χ0) is 18.6. The van der Waals surface area contributed by atoms with E-state index in [1.807, 2.05) is 13.8 Å². The molecule has 2 rings (SSSR count). The quantitative estimate of drug-likeness (QED) is 0.788. The van der Waals surface area contributed by atoms with Gasteiger partial charge in [-0.1, -0.05) is 24.3 Å². The van der Waals surface area contributed by atoms with Gasteiger partial charge in [-0.25, -0.2) is 12.8 Å². The number of sulfone groups is 1. The number of hydrogen-bond donors (Lipinski definition) is 0. The van der Waals surface area contributed by atoms with Crippen LogP contribution in [-0.4, -0.2) is 32.0 Å². The SMILES string of the molecule is CCN(C(=O)c1cccc(CS(C)(=O)=O)c1)[C@H](C)c1ccc(F)cc1. The third-order valence-electron chi connectivity index (χ3n) is 4.02. The van der Waals surface area contributed by atoms with Gasteiger partial charge in [0.2, 0.25) is 0 Å². The first-order chi connectivity index (χ1) is 11.7. The molecule has 0 saturated heterocycles. The first-order valence-corrected chi connectivity index (χ1v) is 10.1. The maximum Gasteiger partial charge on any atom is 0.254 e. The molecule has 0 aliphatic carbocycles. The van der Waals surface area contributed by atoms with E-state index in [9.17, 15) is 17.6 Å². The summed E-state index contributed by atoms with van der Waals surface area (Å²) < 4.78 is 36.0. The number of carbonyl (C=O) groups is 1. The summed E-state index contributed by atoms with van der Waals surface area (Å²) in [5, 5.41) is 0. The number of benzene rings is 2. The number of halogens is 1. The first kappa shape index (κ1) is 19.1. The molecule has 0 saturated carbocycles. The fourth-order valence-electron chi connectivity index (χ4n) is 2.78. The molecule has 4 nitrogen and oxygen atoms in total. The summed E-state index contributed by atoms with van der Waals surface area (Å²) in [6.45, 7) is 4.24. The van der Waals surface area contributed by atoms with Crippen molar-refractivity contribution >= 4 is 15.7 Å². The molecule has 6 heteroatoms. The van der Waals surface area contributed by atoms with Crippen LogP contribution < -0.4 is 0 Å². The Bertz CT molecular complexity index is 847. The van der Waals surface area contributed by atoms with E-state index in [1.54, 1.807) is 41.3 Å². The number of nitrogens with zero attached hydrogens (tertiary/aromatic N) is 1. The normalized spacial score (nSPS) is 12.6. The minimum atomic E-state index is -3.17. The highest BCUT2D eigenvalue weighted by atomic mass is 32.2. The predicted octanol–water partition coefficient (Wildman–Crippen LogP) is 3.59. The molecular formula is C19H22FNO3S. The molecule has 0 radical (unpaired) electrons. The first-order valence-electron chi connectivity index (χ1n) is 8.04. The fourth-order valence-corrected chi connectivity index (χ4v) is 3.56. The molecule has 0 heterocycles. The summed E-state index contributed by atoms with van der Waals surface area (Å²) in [4.78, 5) is 14.6. The molecule has 2 aromatic rings. The summed E-state index contributed by atoms with van der Waals surface area (Å²) in [5.41, 5.74) is 1.86. The van der Waals surface area contributed by atoms with Crippen LogP contribution in [0.15, 0.2) is 48.5 Å². The van der Waals surface area contributed by atoms with Crippen LogP contribution >= 0.6 is 0 Å². The topological polar surface area (TPSA) is 54.5 Å². The Labute approximate surface area is 148 Å². The van der Waals surface area contributed by atoms with Crippen LogP contribution in [0.3, 0.4) is 0 Å². The Kier molecular flexibility index (Phi) is 5.95. The Morgan fingerprint density at radius 1 is 1.16 bits per heavy atom. The van der Waals surface area contributed by atoms with Gasteiger partial charge in [0.05, 0.1) is 11.8 Å². The largest absolute Gasteiger partial charge is 0.332 e. The summed E-state index contributed by atoms with van der Waals surface area (Å²) in [5.74, 6) is -0.609. The summed E-state index contributed by atoms with van der Waals surface area (Å²) in [7, 11) is -3.17. The zero-order valence-corrected chi connectivity index (χ0v) is 15.4. The van der Waals surface area contributed by atoms with Crippen LogP contribution in [0.4, 0.5) is 4.39 Å². The van der Waals surface area contributed by atoms with Crippen LogP contribution in [0.25, 0.3) is 0 Å². The Hall–Kier alpha value is -2.21. The van der Waals surface area contributed by atoms with E-state index in [4.69, 9.17) is 0 Å². The number of carbonyl (C=O) groups excluding carboxylic acids is 1. The van der Waals surface area contributed by atoms with E-state index >= 15 is 0 Å². The molecule has 1 amide bonds.